The highest BCUT2D eigenvalue weighted by Gasteiger charge is 2.09. The summed E-state index contributed by atoms with van der Waals surface area (Å²) in [5.41, 5.74) is 13.5. The van der Waals surface area contributed by atoms with E-state index in [0.717, 1.165) is 69.1 Å². The molecule has 0 heterocycles. The van der Waals surface area contributed by atoms with E-state index in [1.165, 1.54) is 6.08 Å². The number of anilines is 2. The third kappa shape index (κ3) is 14.0. The van der Waals surface area contributed by atoms with Crippen molar-refractivity contribution >= 4 is 35.4 Å². The lowest BCUT2D eigenvalue weighted by molar-refractivity contribution is -0.134. The molecule has 9 heteroatoms. The highest BCUT2D eigenvalue weighted by atomic mass is 16.5. The van der Waals surface area contributed by atoms with Gasteiger partial charge in [-0.05, 0) is 85.5 Å². The summed E-state index contributed by atoms with van der Waals surface area (Å²) >= 11 is 0. The molecule has 3 aromatic carbocycles. The van der Waals surface area contributed by atoms with Crippen molar-refractivity contribution in [2.24, 2.45) is 0 Å². The zero-order valence-electron chi connectivity index (χ0n) is 26.0. The largest absolute Gasteiger partial charge is 0.494 e. The molecular weight excluding hydrogens is 572 g/mol. The van der Waals surface area contributed by atoms with Gasteiger partial charge in [-0.1, -0.05) is 57.6 Å². The summed E-state index contributed by atoms with van der Waals surface area (Å²) in [4.78, 5) is 36.2. The number of esters is 3. The van der Waals surface area contributed by atoms with E-state index < -0.39 is 11.9 Å². The molecule has 0 radical (unpaired) electrons. The Labute approximate surface area is 265 Å². The summed E-state index contributed by atoms with van der Waals surface area (Å²) in [5.74, 6) is 0.346. The van der Waals surface area contributed by atoms with Crippen LogP contribution in [-0.4, -0.2) is 31.1 Å². The standard InChI is InChI=1S/C36H44N2O7/c1-2-3-4-8-11-34(39)44-32-17-19-33(20-18-32)45-35(40)21-14-27-12-15-31(16-13-27)42-22-9-6-5-7-10-23-43-36(41)28-24-29(37)26-30(38)25-28/h12-21,24-26H,2-11,22-23,37-38H2,1H3/b21-14+. The van der Waals surface area contributed by atoms with Gasteiger partial charge >= 0.3 is 17.9 Å². The molecule has 0 atom stereocenters. The molecule has 4 N–H and O–H groups in total. The summed E-state index contributed by atoms with van der Waals surface area (Å²) in [5, 5.41) is 0. The Hall–Kier alpha value is -4.79. The van der Waals surface area contributed by atoms with Gasteiger partial charge in [-0.15, -0.1) is 0 Å². The maximum atomic E-state index is 12.2. The van der Waals surface area contributed by atoms with Crippen molar-refractivity contribution in [2.75, 3.05) is 24.7 Å². The van der Waals surface area contributed by atoms with Gasteiger partial charge in [-0.2, -0.15) is 0 Å². The fourth-order valence-electron chi connectivity index (χ4n) is 4.41. The summed E-state index contributed by atoms with van der Waals surface area (Å²) in [6.45, 7) is 3.08. The monoisotopic (exact) mass is 616 g/mol. The van der Waals surface area contributed by atoms with Crippen LogP contribution in [0.4, 0.5) is 11.4 Å². The van der Waals surface area contributed by atoms with E-state index in [1.54, 1.807) is 48.5 Å². The fourth-order valence-corrected chi connectivity index (χ4v) is 4.41. The van der Waals surface area contributed by atoms with Crippen LogP contribution in [0.2, 0.25) is 0 Å². The van der Waals surface area contributed by atoms with Crippen molar-refractivity contribution in [3.8, 4) is 17.2 Å². The van der Waals surface area contributed by atoms with Gasteiger partial charge in [0.05, 0.1) is 18.8 Å². The van der Waals surface area contributed by atoms with Gasteiger partial charge in [0, 0.05) is 23.9 Å². The van der Waals surface area contributed by atoms with Gasteiger partial charge in [0.25, 0.3) is 0 Å². The van der Waals surface area contributed by atoms with E-state index in [2.05, 4.69) is 6.92 Å². The molecule has 0 saturated carbocycles. The van der Waals surface area contributed by atoms with E-state index in [4.69, 9.17) is 30.4 Å². The second-order valence-corrected chi connectivity index (χ2v) is 10.7. The van der Waals surface area contributed by atoms with Gasteiger partial charge in [-0.25, -0.2) is 9.59 Å². The molecule has 3 aromatic rings. The number of benzene rings is 3. The van der Waals surface area contributed by atoms with Crippen LogP contribution in [0.25, 0.3) is 6.08 Å². The molecule has 0 amide bonds. The minimum Gasteiger partial charge on any atom is -0.494 e. The number of rotatable bonds is 19. The molecule has 0 aliphatic rings. The van der Waals surface area contributed by atoms with Crippen molar-refractivity contribution in [2.45, 2.75) is 71.1 Å². The number of nitrogens with two attached hydrogens (primary N) is 2. The molecule has 0 aliphatic heterocycles. The third-order valence-corrected chi connectivity index (χ3v) is 6.80. The molecule has 0 aliphatic carbocycles. The van der Waals surface area contributed by atoms with E-state index in [9.17, 15) is 14.4 Å². The van der Waals surface area contributed by atoms with Gasteiger partial charge in [-0.3, -0.25) is 4.79 Å². The van der Waals surface area contributed by atoms with Crippen molar-refractivity contribution < 1.29 is 33.3 Å². The second-order valence-electron chi connectivity index (χ2n) is 10.7. The zero-order valence-corrected chi connectivity index (χ0v) is 26.0. The predicted molar refractivity (Wildman–Crippen MR) is 176 cm³/mol. The molecule has 0 aromatic heterocycles. The molecule has 0 saturated heterocycles. The molecule has 240 valence electrons. The van der Waals surface area contributed by atoms with Crippen LogP contribution in [0, 0.1) is 0 Å². The smallest absolute Gasteiger partial charge is 0.338 e. The van der Waals surface area contributed by atoms with Crippen LogP contribution in [0.5, 0.6) is 17.2 Å². The number of unbranched alkanes of at least 4 members (excludes halogenated alkanes) is 7. The minimum absolute atomic E-state index is 0.262. The Kier molecular flexibility index (Phi) is 15.0. The van der Waals surface area contributed by atoms with Crippen LogP contribution in [0.3, 0.4) is 0 Å². The maximum Gasteiger partial charge on any atom is 0.338 e. The number of nitrogen functional groups attached to an aromatic ring is 2. The first-order chi connectivity index (χ1) is 21.8. The molecular formula is C36H44N2O7. The minimum atomic E-state index is -0.513. The Bertz CT molecular complexity index is 1370. The molecule has 0 unspecified atom stereocenters. The molecule has 0 bridgehead atoms. The SMILES string of the molecule is CCCCCCC(=O)Oc1ccc(OC(=O)/C=C/c2ccc(OCCCCCCCOC(=O)c3cc(N)cc(N)c3)cc2)cc1. The summed E-state index contributed by atoms with van der Waals surface area (Å²) in [6.07, 6.45) is 12.2. The molecule has 9 nitrogen and oxygen atoms in total. The van der Waals surface area contributed by atoms with Crippen molar-refractivity contribution in [3.05, 3.63) is 83.9 Å². The number of hydrogen-bond donors (Lipinski definition) is 2. The van der Waals surface area contributed by atoms with Gasteiger partial charge in [0.15, 0.2) is 0 Å². The number of carbonyl (C=O) groups is 3. The predicted octanol–water partition coefficient (Wildman–Crippen LogP) is 7.53. The Morgan fingerprint density at radius 1 is 0.667 bits per heavy atom. The lowest BCUT2D eigenvalue weighted by atomic mass is 10.1. The number of ether oxygens (including phenoxy) is 4. The average Bonchev–Trinajstić information content (AvgIpc) is 3.02. The first-order valence-corrected chi connectivity index (χ1v) is 15.6. The highest BCUT2D eigenvalue weighted by Crippen LogP contribution is 2.20. The van der Waals surface area contributed by atoms with Gasteiger partial charge in [0.2, 0.25) is 0 Å². The lowest BCUT2D eigenvalue weighted by Crippen LogP contribution is -2.08. The van der Waals surface area contributed by atoms with Crippen LogP contribution in [-0.2, 0) is 14.3 Å². The van der Waals surface area contributed by atoms with Crippen LogP contribution in [0.1, 0.15) is 87.1 Å². The quantitative estimate of drug-likeness (QED) is 0.0460. The van der Waals surface area contributed by atoms with Crippen LogP contribution >= 0.6 is 0 Å². The normalized spacial score (nSPS) is 10.9. The Morgan fingerprint density at radius 2 is 1.24 bits per heavy atom. The molecule has 0 fully saturated rings. The highest BCUT2D eigenvalue weighted by molar-refractivity contribution is 5.91. The van der Waals surface area contributed by atoms with Gasteiger partial charge in [0.1, 0.15) is 17.2 Å². The maximum absolute atomic E-state index is 12.2. The van der Waals surface area contributed by atoms with E-state index >= 15 is 0 Å². The fraction of sp³-hybridized carbons (Fsp3) is 0.361. The Balaban J connectivity index is 1.25. The topological polar surface area (TPSA) is 140 Å². The first kappa shape index (κ1) is 34.7. The van der Waals surface area contributed by atoms with E-state index in [0.29, 0.717) is 48.1 Å². The molecule has 45 heavy (non-hydrogen) atoms. The van der Waals surface area contributed by atoms with E-state index in [1.807, 2.05) is 24.3 Å². The first-order valence-electron chi connectivity index (χ1n) is 15.6. The Morgan fingerprint density at radius 3 is 1.91 bits per heavy atom. The van der Waals surface area contributed by atoms with Crippen molar-refractivity contribution in [1.82, 2.24) is 0 Å². The van der Waals surface area contributed by atoms with Crippen LogP contribution < -0.4 is 25.7 Å². The van der Waals surface area contributed by atoms with E-state index in [-0.39, 0.29) is 5.97 Å². The van der Waals surface area contributed by atoms with Crippen molar-refractivity contribution in [1.29, 1.82) is 0 Å². The summed E-state index contributed by atoms with van der Waals surface area (Å²) < 4.78 is 21.8. The summed E-state index contributed by atoms with van der Waals surface area (Å²) in [6, 6.07) is 18.6. The number of carbonyl (C=O) groups excluding carboxylic acids is 3. The number of hydrogen-bond acceptors (Lipinski definition) is 9. The summed E-state index contributed by atoms with van der Waals surface area (Å²) in [7, 11) is 0. The van der Waals surface area contributed by atoms with Gasteiger partial charge < -0.3 is 30.4 Å². The third-order valence-electron chi connectivity index (χ3n) is 6.80. The molecule has 3 rings (SSSR count). The van der Waals surface area contributed by atoms with Crippen LogP contribution in [0.15, 0.2) is 72.8 Å². The van der Waals surface area contributed by atoms with Crippen molar-refractivity contribution in [3.63, 3.8) is 0 Å². The zero-order chi connectivity index (χ0) is 32.3. The second kappa shape index (κ2) is 19.5. The lowest BCUT2D eigenvalue weighted by Gasteiger charge is -2.08. The molecule has 0 spiro atoms. The average molecular weight is 617 g/mol.